The molecule has 15 nitrogen and oxygen atoms in total. The molecule has 21 heteroatoms. The topological polar surface area (TPSA) is 256 Å². The summed E-state index contributed by atoms with van der Waals surface area (Å²) in [6.07, 6.45) is 0. The summed E-state index contributed by atoms with van der Waals surface area (Å²) >= 11 is 0. The number of phenolic OH excluding ortho intramolecular Hbond substituents is 1. The third kappa shape index (κ3) is 8.41. The van der Waals surface area contributed by atoms with E-state index in [0.717, 1.165) is 6.07 Å². The van der Waals surface area contributed by atoms with Crippen LogP contribution in [-0.2, 0) is 30.4 Å². The standard InChI is InChI=1S/C17H12N2O13S3.3Na/c20-14-7-11(34(27,28)29)4-8-3-10(33(24,25)26)6-13(16(8)14)18-17(21)12-2-1-9(19(22)23)5-15(12)35(30,31)32;;;/h1-7,20H,(H,18,21)(H,24,25,26)(H,27,28,29)(H,30,31,32);;;. The Kier molecular flexibility index (Phi) is 13.1. The number of anilines is 1. The van der Waals surface area contributed by atoms with E-state index in [1.807, 2.05) is 5.32 Å². The molecule has 38 heavy (non-hydrogen) atoms. The van der Waals surface area contributed by atoms with Crippen molar-refractivity contribution in [1.82, 2.24) is 0 Å². The number of nitrogens with zero attached hydrogens (tertiary/aromatic N) is 1. The van der Waals surface area contributed by atoms with Crippen LogP contribution in [0.25, 0.3) is 10.8 Å². The predicted molar refractivity (Wildman–Crippen MR) is 133 cm³/mol. The quantitative estimate of drug-likeness (QED) is 0.108. The number of fused-ring (bicyclic) bond motifs is 1. The second-order valence-electron chi connectivity index (χ2n) is 6.83. The van der Waals surface area contributed by atoms with Crippen molar-refractivity contribution in [2.24, 2.45) is 0 Å². The fraction of sp³-hybridized carbons (Fsp3) is 0. The van der Waals surface area contributed by atoms with E-state index in [-0.39, 0.29) is 88.7 Å². The molecule has 0 bridgehead atoms. The average Bonchev–Trinajstić information content (AvgIpc) is 2.70. The van der Waals surface area contributed by atoms with Crippen LogP contribution < -0.4 is 5.32 Å². The largest absolute Gasteiger partial charge is 0.507 e. The average molecular weight is 617 g/mol. The zero-order valence-corrected chi connectivity index (χ0v) is 28.1. The number of amides is 1. The van der Waals surface area contributed by atoms with Crippen LogP contribution in [0, 0.1) is 10.1 Å². The van der Waals surface area contributed by atoms with Gasteiger partial charge in [0.2, 0.25) is 0 Å². The molecular formula is C17H12N2Na3O13S3. The first kappa shape index (κ1) is 37.3. The van der Waals surface area contributed by atoms with Gasteiger partial charge in [0.1, 0.15) is 10.6 Å². The molecule has 0 atom stereocenters. The fourth-order valence-corrected chi connectivity index (χ4v) is 4.84. The first-order valence-corrected chi connectivity index (χ1v) is 13.0. The molecule has 5 N–H and O–H groups in total. The van der Waals surface area contributed by atoms with Crippen molar-refractivity contribution in [3.63, 3.8) is 0 Å². The van der Waals surface area contributed by atoms with E-state index in [2.05, 4.69) is 0 Å². The zero-order valence-electron chi connectivity index (χ0n) is 19.7. The number of benzene rings is 3. The number of phenols is 1. The Balaban J connectivity index is 0.00000456. The molecule has 0 saturated carbocycles. The van der Waals surface area contributed by atoms with Gasteiger partial charge in [0.15, 0.2) is 0 Å². The molecule has 3 aromatic rings. The van der Waals surface area contributed by atoms with Gasteiger partial charge >= 0.3 is 0 Å². The normalized spacial score (nSPS) is 11.4. The first-order chi connectivity index (χ1) is 15.9. The Morgan fingerprint density at radius 1 is 0.789 bits per heavy atom. The smallest absolute Gasteiger partial charge is 0.295 e. The summed E-state index contributed by atoms with van der Waals surface area (Å²) in [6.45, 7) is 0. The fourth-order valence-electron chi connectivity index (χ4n) is 3.05. The van der Waals surface area contributed by atoms with Crippen LogP contribution in [0.3, 0.4) is 0 Å². The van der Waals surface area contributed by atoms with Crippen LogP contribution in [0.4, 0.5) is 11.4 Å². The second-order valence-corrected chi connectivity index (χ2v) is 11.1. The molecule has 0 unspecified atom stereocenters. The molecule has 3 aromatic carbocycles. The Hall–Kier alpha value is -0.680. The molecule has 0 aliphatic heterocycles. The van der Waals surface area contributed by atoms with Crippen molar-refractivity contribution in [3.05, 3.63) is 58.1 Å². The van der Waals surface area contributed by atoms with Crippen molar-refractivity contribution >= 4 is 147 Å². The third-order valence-electron chi connectivity index (χ3n) is 4.52. The van der Waals surface area contributed by atoms with Crippen LogP contribution >= 0.6 is 0 Å². The number of non-ortho nitro benzene ring substituents is 1. The van der Waals surface area contributed by atoms with Gasteiger partial charge in [-0.05, 0) is 29.7 Å². The molecule has 0 spiro atoms. The minimum atomic E-state index is -5.18. The number of rotatable bonds is 6. The van der Waals surface area contributed by atoms with Gasteiger partial charge in [-0.1, -0.05) is 0 Å². The van der Waals surface area contributed by atoms with E-state index in [1.54, 1.807) is 0 Å². The summed E-state index contributed by atoms with van der Waals surface area (Å²) in [6, 6.07) is 4.45. The molecule has 0 saturated heterocycles. The number of nitro groups is 1. The minimum absolute atomic E-state index is 0. The van der Waals surface area contributed by atoms with Crippen LogP contribution in [-0.4, -0.2) is 144 Å². The van der Waals surface area contributed by atoms with Gasteiger partial charge in [-0.25, -0.2) is 0 Å². The zero-order chi connectivity index (χ0) is 26.5. The van der Waals surface area contributed by atoms with Crippen molar-refractivity contribution in [3.8, 4) is 5.75 Å². The van der Waals surface area contributed by atoms with E-state index < -0.39 is 89.3 Å². The maximum absolute atomic E-state index is 12.8. The molecule has 0 aliphatic carbocycles. The number of hydrogen-bond acceptors (Lipinski definition) is 10. The maximum atomic E-state index is 12.8. The van der Waals surface area contributed by atoms with E-state index in [1.165, 1.54) is 0 Å². The van der Waals surface area contributed by atoms with Crippen molar-refractivity contribution in [2.45, 2.75) is 14.7 Å². The number of hydrogen-bond donors (Lipinski definition) is 5. The van der Waals surface area contributed by atoms with Gasteiger partial charge in [-0.2, -0.15) is 25.3 Å². The Bertz CT molecular complexity index is 1760. The summed E-state index contributed by atoms with van der Waals surface area (Å²) in [5.41, 5.74) is -2.19. The summed E-state index contributed by atoms with van der Waals surface area (Å²) in [5, 5.41) is 22.5. The minimum Gasteiger partial charge on any atom is -0.507 e. The number of aromatic hydroxyl groups is 1. The molecule has 3 rings (SSSR count). The summed E-state index contributed by atoms with van der Waals surface area (Å²) < 4.78 is 97.7. The van der Waals surface area contributed by atoms with E-state index in [4.69, 9.17) is 0 Å². The van der Waals surface area contributed by atoms with Gasteiger partial charge in [0.05, 0.1) is 26.0 Å². The van der Waals surface area contributed by atoms with Crippen LogP contribution in [0.15, 0.2) is 57.2 Å². The first-order valence-electron chi connectivity index (χ1n) is 8.72. The number of nitrogens with one attached hydrogen (secondary N) is 1. The predicted octanol–water partition coefficient (Wildman–Crippen LogP) is 0.304. The SMILES string of the molecule is O=C(Nc1cc(S(=O)(=O)O)cc2cc(S(=O)(=O)O)cc(O)c12)c1ccc([N+](=O)[O-])cc1S(=O)(=O)O.[Na].[Na].[Na]. The monoisotopic (exact) mass is 617 g/mol. The molecular weight excluding hydrogens is 605 g/mol. The van der Waals surface area contributed by atoms with Crippen LogP contribution in [0.1, 0.15) is 10.4 Å². The molecule has 0 aliphatic rings. The van der Waals surface area contributed by atoms with Crippen LogP contribution in [0.5, 0.6) is 5.75 Å². The van der Waals surface area contributed by atoms with Gasteiger partial charge in [-0.3, -0.25) is 28.6 Å². The molecule has 0 fully saturated rings. The Morgan fingerprint density at radius 3 is 1.74 bits per heavy atom. The summed E-state index contributed by atoms with van der Waals surface area (Å²) in [7, 11) is -15.0. The van der Waals surface area contributed by atoms with Crippen molar-refractivity contribution < 1.29 is 53.7 Å². The third-order valence-corrected chi connectivity index (χ3v) is 7.07. The van der Waals surface area contributed by atoms with Crippen molar-refractivity contribution in [1.29, 1.82) is 0 Å². The van der Waals surface area contributed by atoms with Gasteiger partial charge < -0.3 is 10.4 Å². The second kappa shape index (κ2) is 13.3. The van der Waals surface area contributed by atoms with Gasteiger partial charge in [-0.15, -0.1) is 0 Å². The summed E-state index contributed by atoms with van der Waals surface area (Å²) in [4.78, 5) is 19.8. The molecule has 3 radical (unpaired) electrons. The molecule has 1 amide bonds. The van der Waals surface area contributed by atoms with Crippen molar-refractivity contribution in [2.75, 3.05) is 5.32 Å². The van der Waals surface area contributed by atoms with E-state index in [9.17, 15) is 58.9 Å². The van der Waals surface area contributed by atoms with E-state index >= 15 is 0 Å². The molecule has 189 valence electrons. The Morgan fingerprint density at radius 2 is 1.29 bits per heavy atom. The Labute approximate surface area is 281 Å². The molecule has 0 aromatic heterocycles. The molecule has 0 heterocycles. The maximum Gasteiger partial charge on any atom is 0.295 e. The number of carbonyl (C=O) groups excluding carboxylic acids is 1. The van der Waals surface area contributed by atoms with Crippen LogP contribution in [0.2, 0.25) is 0 Å². The number of carbonyl (C=O) groups is 1. The van der Waals surface area contributed by atoms with Gasteiger partial charge in [0, 0.05) is 112 Å². The van der Waals surface area contributed by atoms with E-state index in [0.29, 0.717) is 36.4 Å². The summed E-state index contributed by atoms with van der Waals surface area (Å²) in [5.74, 6) is -2.24. The number of nitro benzene ring substituents is 1. The van der Waals surface area contributed by atoms with Gasteiger partial charge in [0.25, 0.3) is 41.9 Å².